The zero-order chi connectivity index (χ0) is 11.0. The summed E-state index contributed by atoms with van der Waals surface area (Å²) in [6.45, 7) is 1.42. The predicted octanol–water partition coefficient (Wildman–Crippen LogP) is 2.14. The molecule has 2 aromatic rings. The van der Waals surface area contributed by atoms with Gasteiger partial charge in [0.1, 0.15) is 5.58 Å². The third-order valence-corrected chi connectivity index (χ3v) is 3.14. The van der Waals surface area contributed by atoms with Crippen molar-refractivity contribution < 1.29 is 4.42 Å². The first kappa shape index (κ1) is 9.87. The number of fused-ring (bicyclic) bond motifs is 1. The van der Waals surface area contributed by atoms with Crippen molar-refractivity contribution in [2.45, 2.75) is 32.0 Å². The second-order valence-electron chi connectivity index (χ2n) is 4.41. The molecule has 3 N–H and O–H groups in total. The maximum absolute atomic E-state index is 5.68. The minimum Gasteiger partial charge on any atom is -0.464 e. The van der Waals surface area contributed by atoms with Gasteiger partial charge in [-0.15, -0.1) is 0 Å². The van der Waals surface area contributed by atoms with Gasteiger partial charge < -0.3 is 15.5 Å². The minimum atomic E-state index is 0.528. The highest BCUT2D eigenvalue weighted by molar-refractivity contribution is 5.83. The molecule has 0 bridgehead atoms. The van der Waals surface area contributed by atoms with E-state index in [-0.39, 0.29) is 0 Å². The molecular formula is C13H16N2O. The van der Waals surface area contributed by atoms with E-state index < -0.39 is 0 Å². The monoisotopic (exact) mass is 216 g/mol. The molecule has 0 atom stereocenters. The van der Waals surface area contributed by atoms with Crippen molar-refractivity contribution in [2.75, 3.05) is 0 Å². The fourth-order valence-corrected chi connectivity index (χ4v) is 2.01. The average Bonchev–Trinajstić information content (AvgIpc) is 3.06. The number of nitrogens with two attached hydrogens (primary N) is 1. The molecule has 84 valence electrons. The Morgan fingerprint density at radius 1 is 1.31 bits per heavy atom. The molecule has 0 spiro atoms. The van der Waals surface area contributed by atoms with Gasteiger partial charge in [0.2, 0.25) is 0 Å². The summed E-state index contributed by atoms with van der Waals surface area (Å²) < 4.78 is 5.60. The van der Waals surface area contributed by atoms with Crippen LogP contribution in [0.5, 0.6) is 0 Å². The molecular weight excluding hydrogens is 200 g/mol. The molecule has 1 aromatic heterocycles. The first-order valence-corrected chi connectivity index (χ1v) is 5.80. The minimum absolute atomic E-state index is 0.528. The molecule has 1 aliphatic carbocycles. The maximum atomic E-state index is 5.68. The predicted molar refractivity (Wildman–Crippen MR) is 64.0 cm³/mol. The summed E-state index contributed by atoms with van der Waals surface area (Å²) in [7, 11) is 0. The fraction of sp³-hybridized carbons (Fsp3) is 0.385. The smallest absolute Gasteiger partial charge is 0.138 e. The summed E-state index contributed by atoms with van der Waals surface area (Å²) in [5.74, 6) is 0. The first-order valence-electron chi connectivity index (χ1n) is 5.80. The highest BCUT2D eigenvalue weighted by atomic mass is 16.3. The lowest BCUT2D eigenvalue weighted by atomic mass is 10.1. The van der Waals surface area contributed by atoms with E-state index >= 15 is 0 Å². The Balaban J connectivity index is 1.92. The van der Waals surface area contributed by atoms with E-state index in [1.807, 2.05) is 18.4 Å². The number of hydrogen-bond donors (Lipinski definition) is 2. The summed E-state index contributed by atoms with van der Waals surface area (Å²) in [6.07, 6.45) is 4.47. The van der Waals surface area contributed by atoms with Crippen molar-refractivity contribution in [2.24, 2.45) is 5.73 Å². The Hall–Kier alpha value is -1.32. The molecule has 0 saturated heterocycles. The third-order valence-electron chi connectivity index (χ3n) is 3.14. The number of para-hydroxylation sites is 1. The molecule has 3 rings (SSSR count). The van der Waals surface area contributed by atoms with E-state index in [0.29, 0.717) is 6.54 Å². The lowest BCUT2D eigenvalue weighted by Crippen LogP contribution is -2.14. The molecule has 0 aliphatic heterocycles. The highest BCUT2D eigenvalue weighted by Gasteiger charge is 2.20. The number of rotatable bonds is 4. The Bertz CT molecular complexity index is 500. The van der Waals surface area contributed by atoms with Crippen LogP contribution in [0.2, 0.25) is 0 Å². The first-order chi connectivity index (χ1) is 7.88. The van der Waals surface area contributed by atoms with Gasteiger partial charge >= 0.3 is 0 Å². The summed E-state index contributed by atoms with van der Waals surface area (Å²) >= 11 is 0. The molecule has 1 aromatic carbocycles. The lowest BCUT2D eigenvalue weighted by molar-refractivity contribution is 0.598. The van der Waals surface area contributed by atoms with Crippen molar-refractivity contribution in [3.63, 3.8) is 0 Å². The molecule has 16 heavy (non-hydrogen) atoms. The van der Waals surface area contributed by atoms with Gasteiger partial charge in [-0.1, -0.05) is 18.2 Å². The van der Waals surface area contributed by atoms with Crippen molar-refractivity contribution >= 4 is 11.0 Å². The van der Waals surface area contributed by atoms with Crippen LogP contribution in [-0.2, 0) is 13.1 Å². The molecule has 1 aliphatic rings. The van der Waals surface area contributed by atoms with Crippen molar-refractivity contribution in [1.29, 1.82) is 0 Å². The third kappa shape index (κ3) is 1.72. The summed E-state index contributed by atoms with van der Waals surface area (Å²) in [6, 6.07) is 6.88. The van der Waals surface area contributed by atoms with Crippen LogP contribution >= 0.6 is 0 Å². The largest absolute Gasteiger partial charge is 0.464 e. The summed E-state index contributed by atoms with van der Waals surface area (Å²) in [5.41, 5.74) is 8.94. The Kier molecular flexibility index (Phi) is 2.42. The summed E-state index contributed by atoms with van der Waals surface area (Å²) in [4.78, 5) is 0. The van der Waals surface area contributed by atoms with Crippen LogP contribution in [0.25, 0.3) is 11.0 Å². The van der Waals surface area contributed by atoms with Crippen LogP contribution in [0.15, 0.2) is 28.9 Å². The molecule has 1 saturated carbocycles. The van der Waals surface area contributed by atoms with Gasteiger partial charge in [-0.25, -0.2) is 0 Å². The van der Waals surface area contributed by atoms with Gasteiger partial charge in [-0.2, -0.15) is 0 Å². The van der Waals surface area contributed by atoms with Gasteiger partial charge in [0, 0.05) is 35.6 Å². The Morgan fingerprint density at radius 2 is 2.19 bits per heavy atom. The van der Waals surface area contributed by atoms with Gasteiger partial charge in [-0.05, 0) is 12.8 Å². The van der Waals surface area contributed by atoms with Crippen molar-refractivity contribution in [1.82, 2.24) is 5.32 Å². The zero-order valence-corrected chi connectivity index (χ0v) is 9.20. The molecule has 0 amide bonds. The van der Waals surface area contributed by atoms with E-state index in [0.717, 1.165) is 23.7 Å². The lowest BCUT2D eigenvalue weighted by Gasteiger charge is -2.01. The van der Waals surface area contributed by atoms with Crippen LogP contribution in [0.4, 0.5) is 0 Å². The summed E-state index contributed by atoms with van der Waals surface area (Å²) in [5, 5.41) is 4.69. The zero-order valence-electron chi connectivity index (χ0n) is 9.20. The maximum Gasteiger partial charge on any atom is 0.138 e. The van der Waals surface area contributed by atoms with Crippen LogP contribution in [0, 0.1) is 0 Å². The van der Waals surface area contributed by atoms with Crippen molar-refractivity contribution in [3.8, 4) is 0 Å². The van der Waals surface area contributed by atoms with Crippen LogP contribution in [-0.4, -0.2) is 6.04 Å². The van der Waals surface area contributed by atoms with E-state index in [9.17, 15) is 0 Å². The second kappa shape index (κ2) is 3.92. The van der Waals surface area contributed by atoms with Gasteiger partial charge in [0.05, 0.1) is 6.26 Å². The topological polar surface area (TPSA) is 51.2 Å². The number of nitrogens with one attached hydrogen (secondary N) is 1. The number of benzene rings is 1. The standard InChI is InChI=1S/C13H16N2O/c14-6-9-2-1-3-12-10(8-16-13(9)12)7-15-11-4-5-11/h1-3,8,11,15H,4-7,14H2. The van der Waals surface area contributed by atoms with Crippen LogP contribution in [0.1, 0.15) is 24.0 Å². The number of furan rings is 1. The second-order valence-corrected chi connectivity index (χ2v) is 4.41. The van der Waals surface area contributed by atoms with Crippen LogP contribution < -0.4 is 11.1 Å². The molecule has 1 heterocycles. The molecule has 3 heteroatoms. The normalized spacial score (nSPS) is 15.8. The Morgan fingerprint density at radius 3 is 2.94 bits per heavy atom. The van der Waals surface area contributed by atoms with E-state index in [1.165, 1.54) is 23.8 Å². The van der Waals surface area contributed by atoms with Gasteiger partial charge in [0.25, 0.3) is 0 Å². The van der Waals surface area contributed by atoms with Gasteiger partial charge in [-0.3, -0.25) is 0 Å². The van der Waals surface area contributed by atoms with Crippen molar-refractivity contribution in [3.05, 3.63) is 35.6 Å². The number of hydrogen-bond acceptors (Lipinski definition) is 3. The molecule has 0 radical (unpaired) electrons. The highest BCUT2D eigenvalue weighted by Crippen LogP contribution is 2.26. The quantitative estimate of drug-likeness (QED) is 0.823. The average molecular weight is 216 g/mol. The Labute approximate surface area is 94.6 Å². The van der Waals surface area contributed by atoms with E-state index in [1.54, 1.807) is 0 Å². The molecule has 3 nitrogen and oxygen atoms in total. The van der Waals surface area contributed by atoms with E-state index in [2.05, 4.69) is 11.4 Å². The van der Waals surface area contributed by atoms with Crippen LogP contribution in [0.3, 0.4) is 0 Å². The fourth-order valence-electron chi connectivity index (χ4n) is 2.01. The molecule has 0 unspecified atom stereocenters. The van der Waals surface area contributed by atoms with Gasteiger partial charge in [0.15, 0.2) is 0 Å². The SMILES string of the molecule is NCc1cccc2c(CNC3CC3)coc12. The molecule has 1 fully saturated rings. The van der Waals surface area contributed by atoms with E-state index in [4.69, 9.17) is 10.2 Å².